The normalized spacial score (nSPS) is 11.9. The van der Waals surface area contributed by atoms with Crippen molar-refractivity contribution in [3.05, 3.63) is 18.2 Å². The van der Waals surface area contributed by atoms with Gasteiger partial charge in [0.1, 0.15) is 0 Å². The number of hydrogen-bond acceptors (Lipinski definition) is 4. The molecular weight excluding hydrogens is 220 g/mol. The number of nitrogens with one attached hydrogen (secondary N) is 1. The van der Waals surface area contributed by atoms with Crippen LogP contribution in [0, 0.1) is 0 Å². The Morgan fingerprint density at radius 3 is 2.82 bits per heavy atom. The van der Waals surface area contributed by atoms with E-state index < -0.39 is 0 Å². The summed E-state index contributed by atoms with van der Waals surface area (Å²) in [5.74, 6) is 0.197. The lowest BCUT2D eigenvalue weighted by Crippen LogP contribution is -2.26. The molecule has 5 nitrogen and oxygen atoms in total. The lowest BCUT2D eigenvalue weighted by atomic mass is 10.1. The molecule has 4 N–H and O–H groups in total. The molecule has 0 aliphatic rings. The molecule has 0 aliphatic heterocycles. The topological polar surface area (TPSA) is 84.6 Å². The van der Waals surface area contributed by atoms with Gasteiger partial charge in [0, 0.05) is 24.2 Å². The molecule has 94 valence electrons. The molecule has 0 heterocycles. The highest BCUT2D eigenvalue weighted by Gasteiger charge is 2.09. The van der Waals surface area contributed by atoms with E-state index >= 15 is 0 Å². The van der Waals surface area contributed by atoms with Crippen LogP contribution in [0.1, 0.15) is 19.8 Å². The lowest BCUT2D eigenvalue weighted by molar-refractivity contribution is -0.116. The number of methoxy groups -OCH3 is 1. The van der Waals surface area contributed by atoms with Crippen LogP contribution in [0.25, 0.3) is 0 Å². The van der Waals surface area contributed by atoms with E-state index in [-0.39, 0.29) is 24.1 Å². The Balaban J connectivity index is 2.63. The van der Waals surface area contributed by atoms with E-state index in [1.54, 1.807) is 12.1 Å². The number of benzene rings is 1. The highest BCUT2D eigenvalue weighted by molar-refractivity contribution is 5.91. The zero-order chi connectivity index (χ0) is 12.8. The van der Waals surface area contributed by atoms with Crippen LogP contribution in [-0.2, 0) is 4.79 Å². The lowest BCUT2D eigenvalue weighted by Gasteiger charge is -2.10. The molecule has 5 heteroatoms. The second-order valence-electron chi connectivity index (χ2n) is 3.81. The molecular formula is C12H18N2O3. The molecule has 1 atom stereocenters. The van der Waals surface area contributed by atoms with E-state index in [9.17, 15) is 9.90 Å². The molecule has 0 spiro atoms. The maximum atomic E-state index is 11.5. The molecule has 0 aliphatic carbocycles. The Labute approximate surface area is 101 Å². The molecule has 0 bridgehead atoms. The smallest absolute Gasteiger partial charge is 0.225 e. The number of rotatable bonds is 5. The third kappa shape index (κ3) is 3.96. The number of anilines is 1. The van der Waals surface area contributed by atoms with Crippen LogP contribution in [0.3, 0.4) is 0 Å². The zero-order valence-electron chi connectivity index (χ0n) is 10.1. The number of phenolic OH excluding ortho intramolecular Hbond substituents is 1. The van der Waals surface area contributed by atoms with E-state index in [1.807, 2.05) is 6.92 Å². The monoisotopic (exact) mass is 238 g/mol. The first-order valence-electron chi connectivity index (χ1n) is 5.49. The van der Waals surface area contributed by atoms with Crippen molar-refractivity contribution >= 4 is 11.6 Å². The van der Waals surface area contributed by atoms with Crippen LogP contribution in [0.2, 0.25) is 0 Å². The average Bonchev–Trinajstić information content (AvgIpc) is 2.29. The van der Waals surface area contributed by atoms with E-state index in [0.717, 1.165) is 6.42 Å². The van der Waals surface area contributed by atoms with Crippen LogP contribution in [-0.4, -0.2) is 24.2 Å². The minimum atomic E-state index is -0.163. The molecule has 0 radical (unpaired) electrons. The van der Waals surface area contributed by atoms with Crippen molar-refractivity contribution in [1.29, 1.82) is 0 Å². The van der Waals surface area contributed by atoms with Gasteiger partial charge >= 0.3 is 0 Å². The number of hydrogen-bond donors (Lipinski definition) is 3. The molecule has 0 aromatic heterocycles. The average molecular weight is 238 g/mol. The Hall–Kier alpha value is -1.75. The van der Waals surface area contributed by atoms with Crippen molar-refractivity contribution in [2.75, 3.05) is 12.4 Å². The van der Waals surface area contributed by atoms with Crippen molar-refractivity contribution in [3.63, 3.8) is 0 Å². The van der Waals surface area contributed by atoms with Crippen LogP contribution >= 0.6 is 0 Å². The van der Waals surface area contributed by atoms with Gasteiger partial charge in [-0.25, -0.2) is 0 Å². The standard InChI is InChI=1S/C12H18N2O3/c1-3-8(13)6-12(16)14-9-4-5-11(17-2)10(15)7-9/h4-5,7-8,15H,3,6,13H2,1-2H3,(H,14,16). The fourth-order valence-corrected chi connectivity index (χ4v) is 1.36. The van der Waals surface area contributed by atoms with Crippen molar-refractivity contribution in [3.8, 4) is 11.5 Å². The highest BCUT2D eigenvalue weighted by atomic mass is 16.5. The van der Waals surface area contributed by atoms with Gasteiger partial charge in [0.05, 0.1) is 7.11 Å². The van der Waals surface area contributed by atoms with Gasteiger partial charge < -0.3 is 20.9 Å². The third-order valence-corrected chi connectivity index (χ3v) is 2.43. The predicted molar refractivity (Wildman–Crippen MR) is 66.2 cm³/mol. The van der Waals surface area contributed by atoms with Gasteiger partial charge in [0.25, 0.3) is 0 Å². The highest BCUT2D eigenvalue weighted by Crippen LogP contribution is 2.28. The molecule has 1 aromatic carbocycles. The van der Waals surface area contributed by atoms with Crippen molar-refractivity contribution in [2.24, 2.45) is 5.73 Å². The molecule has 1 amide bonds. The van der Waals surface area contributed by atoms with Gasteiger partial charge in [-0.05, 0) is 18.6 Å². The summed E-state index contributed by atoms with van der Waals surface area (Å²) in [4.78, 5) is 11.5. The first-order valence-corrected chi connectivity index (χ1v) is 5.49. The second kappa shape index (κ2) is 6.10. The number of nitrogens with two attached hydrogens (primary N) is 1. The van der Waals surface area contributed by atoms with Crippen LogP contribution < -0.4 is 15.8 Å². The summed E-state index contributed by atoms with van der Waals surface area (Å²) in [6, 6.07) is 4.55. The van der Waals surface area contributed by atoms with Gasteiger partial charge in [-0.3, -0.25) is 4.79 Å². The van der Waals surface area contributed by atoms with Gasteiger partial charge in [0.15, 0.2) is 11.5 Å². The molecule has 1 rings (SSSR count). The first kappa shape index (κ1) is 13.3. The number of phenols is 1. The fourth-order valence-electron chi connectivity index (χ4n) is 1.36. The quantitative estimate of drug-likeness (QED) is 0.725. The minimum Gasteiger partial charge on any atom is -0.504 e. The van der Waals surface area contributed by atoms with Gasteiger partial charge in [-0.15, -0.1) is 0 Å². The maximum Gasteiger partial charge on any atom is 0.225 e. The van der Waals surface area contributed by atoms with E-state index in [1.165, 1.54) is 13.2 Å². The maximum absolute atomic E-state index is 11.5. The Kier molecular flexibility index (Phi) is 4.78. The number of amides is 1. The summed E-state index contributed by atoms with van der Waals surface area (Å²) in [6.45, 7) is 1.93. The first-order chi connectivity index (χ1) is 8.06. The number of ether oxygens (including phenoxy) is 1. The second-order valence-corrected chi connectivity index (χ2v) is 3.81. The van der Waals surface area contributed by atoms with Crippen LogP contribution in [0.4, 0.5) is 5.69 Å². The molecule has 1 unspecified atom stereocenters. The molecule has 0 saturated carbocycles. The summed E-state index contributed by atoms with van der Waals surface area (Å²) in [6.07, 6.45) is 1.02. The van der Waals surface area contributed by atoms with Gasteiger partial charge in [-0.2, -0.15) is 0 Å². The SMILES string of the molecule is CCC(N)CC(=O)Nc1ccc(OC)c(O)c1. The Bertz CT molecular complexity index is 393. The van der Waals surface area contributed by atoms with Crippen molar-refractivity contribution in [2.45, 2.75) is 25.8 Å². The van der Waals surface area contributed by atoms with Gasteiger partial charge in [-0.1, -0.05) is 6.92 Å². The fraction of sp³-hybridized carbons (Fsp3) is 0.417. The van der Waals surface area contributed by atoms with Crippen molar-refractivity contribution in [1.82, 2.24) is 0 Å². The summed E-state index contributed by atoms with van der Waals surface area (Å²) < 4.78 is 4.90. The van der Waals surface area contributed by atoms with Crippen LogP contribution in [0.5, 0.6) is 11.5 Å². The summed E-state index contributed by atoms with van der Waals surface area (Å²) in [7, 11) is 1.47. The van der Waals surface area contributed by atoms with E-state index in [2.05, 4.69) is 5.32 Å². The predicted octanol–water partition coefficient (Wildman–Crippen LogP) is 1.47. The number of carbonyl (C=O) groups excluding carboxylic acids is 1. The summed E-state index contributed by atoms with van der Waals surface area (Å²) in [5.41, 5.74) is 6.20. The summed E-state index contributed by atoms with van der Waals surface area (Å²) in [5, 5.41) is 12.2. The molecule has 1 aromatic rings. The van der Waals surface area contributed by atoms with Gasteiger partial charge in [0.2, 0.25) is 5.91 Å². The Morgan fingerprint density at radius 1 is 1.59 bits per heavy atom. The molecule has 17 heavy (non-hydrogen) atoms. The Morgan fingerprint density at radius 2 is 2.29 bits per heavy atom. The molecule has 0 saturated heterocycles. The van der Waals surface area contributed by atoms with E-state index in [4.69, 9.17) is 10.5 Å². The van der Waals surface area contributed by atoms with Crippen molar-refractivity contribution < 1.29 is 14.6 Å². The number of carbonyl (C=O) groups is 1. The zero-order valence-corrected chi connectivity index (χ0v) is 10.1. The largest absolute Gasteiger partial charge is 0.504 e. The number of aromatic hydroxyl groups is 1. The third-order valence-electron chi connectivity index (χ3n) is 2.43. The minimum absolute atomic E-state index is 0.00918. The molecule has 0 fully saturated rings. The van der Waals surface area contributed by atoms with E-state index in [0.29, 0.717) is 11.4 Å². The van der Waals surface area contributed by atoms with Crippen LogP contribution in [0.15, 0.2) is 18.2 Å². The summed E-state index contributed by atoms with van der Waals surface area (Å²) >= 11 is 0.